The minimum atomic E-state index is -0.726. The maximum atomic E-state index is 2.36. The molecule has 0 aromatic rings. The van der Waals surface area contributed by atoms with Crippen LogP contribution in [-0.4, -0.2) is 24.6 Å². The van der Waals surface area contributed by atoms with Crippen molar-refractivity contribution in [2.24, 2.45) is 0 Å². The maximum Gasteiger partial charge on any atom is 0.0594 e. The van der Waals surface area contributed by atoms with Crippen molar-refractivity contribution in [3.63, 3.8) is 0 Å². The van der Waals surface area contributed by atoms with Gasteiger partial charge >= 0.3 is 0 Å². The fourth-order valence-corrected chi connectivity index (χ4v) is 10.9. The molecule has 0 aromatic heterocycles. The molecule has 0 spiro atoms. The normalized spacial score (nSPS) is 11.7. The molecule has 2 heteroatoms. The van der Waals surface area contributed by atoms with Crippen LogP contribution in [0.5, 0.6) is 0 Å². The Labute approximate surface area is 242 Å². The van der Waals surface area contributed by atoms with Crippen molar-refractivity contribution in [1.82, 2.24) is 0 Å². The van der Waals surface area contributed by atoms with Gasteiger partial charge in [0.1, 0.15) is 0 Å². The number of halogens is 1. The molecule has 0 heterocycles. The average molecular weight is 592 g/mol. The Morgan fingerprint density at radius 1 is 0.250 bits per heavy atom. The first-order chi connectivity index (χ1) is 17.2. The van der Waals surface area contributed by atoms with Crippen molar-refractivity contribution in [3.05, 3.63) is 0 Å². The fourth-order valence-electron chi connectivity index (χ4n) is 5.93. The second kappa shape index (κ2) is 32.1. The summed E-state index contributed by atoms with van der Waals surface area (Å²) in [5, 5.41) is 0. The Balaban J connectivity index is 0. The molecule has 0 saturated heterocycles. The van der Waals surface area contributed by atoms with E-state index in [0.717, 1.165) is 0 Å². The third-order valence-corrected chi connectivity index (χ3v) is 13.5. The molecule has 0 atom stereocenters. The molecular formula is C34H72BrP. The monoisotopic (exact) mass is 590 g/mol. The molecule has 0 fully saturated rings. The predicted octanol–water partition coefficient (Wildman–Crippen LogP) is 10.2. The Kier molecular flexibility index (Phi) is 34.8. The molecule has 0 rings (SSSR count). The second-order valence-electron chi connectivity index (χ2n) is 12.0. The summed E-state index contributed by atoms with van der Waals surface area (Å²) >= 11 is 0. The zero-order valence-electron chi connectivity index (χ0n) is 26.0. The van der Waals surface area contributed by atoms with Crippen molar-refractivity contribution in [2.45, 2.75) is 195 Å². The highest BCUT2D eigenvalue weighted by molar-refractivity contribution is 7.75. The lowest BCUT2D eigenvalue weighted by Crippen LogP contribution is -3.00. The van der Waals surface area contributed by atoms with Gasteiger partial charge in [0.05, 0.1) is 24.6 Å². The summed E-state index contributed by atoms with van der Waals surface area (Å²) in [6.07, 6.45) is 45.1. The van der Waals surface area contributed by atoms with Gasteiger partial charge in [-0.1, -0.05) is 143 Å². The zero-order valence-corrected chi connectivity index (χ0v) is 28.5. The van der Waals surface area contributed by atoms with Crippen molar-refractivity contribution in [3.8, 4) is 0 Å². The van der Waals surface area contributed by atoms with Crippen LogP contribution in [0.4, 0.5) is 0 Å². The molecule has 0 radical (unpaired) electrons. The van der Waals surface area contributed by atoms with Gasteiger partial charge in [-0.3, -0.25) is 0 Å². The fraction of sp³-hybridized carbons (Fsp3) is 1.00. The second-order valence-corrected chi connectivity index (χ2v) is 16.5. The summed E-state index contributed by atoms with van der Waals surface area (Å²) in [6.45, 7) is 9.39. The first-order valence-corrected chi connectivity index (χ1v) is 19.6. The van der Waals surface area contributed by atoms with E-state index in [1.54, 1.807) is 50.3 Å². The highest BCUT2D eigenvalue weighted by atomic mass is 79.9. The first kappa shape index (κ1) is 39.1. The van der Waals surface area contributed by atoms with Crippen LogP contribution in [0.3, 0.4) is 0 Å². The minimum absolute atomic E-state index is 0. The molecule has 0 unspecified atom stereocenters. The lowest BCUT2D eigenvalue weighted by atomic mass is 10.1. The molecule has 0 aromatic carbocycles. The van der Waals surface area contributed by atoms with Crippen molar-refractivity contribution < 1.29 is 17.0 Å². The minimum Gasteiger partial charge on any atom is -1.00 e. The third kappa shape index (κ3) is 26.5. The van der Waals surface area contributed by atoms with E-state index in [2.05, 4.69) is 27.7 Å². The van der Waals surface area contributed by atoms with Crippen LogP contribution in [0, 0.1) is 0 Å². The van der Waals surface area contributed by atoms with Gasteiger partial charge in [-0.05, 0) is 51.4 Å². The number of hydrogen-bond donors (Lipinski definition) is 0. The molecule has 0 N–H and O–H groups in total. The van der Waals surface area contributed by atoms with Crippen LogP contribution >= 0.6 is 7.26 Å². The number of unbranched alkanes of at least 4 members (excludes halogenated alkanes) is 22. The van der Waals surface area contributed by atoms with E-state index >= 15 is 0 Å². The van der Waals surface area contributed by atoms with Gasteiger partial charge in [0.2, 0.25) is 0 Å². The maximum absolute atomic E-state index is 2.36. The van der Waals surface area contributed by atoms with E-state index in [1.807, 2.05) is 0 Å². The van der Waals surface area contributed by atoms with Crippen LogP contribution in [0.1, 0.15) is 195 Å². The van der Waals surface area contributed by atoms with E-state index in [1.165, 1.54) is 141 Å². The lowest BCUT2D eigenvalue weighted by Gasteiger charge is -2.28. The van der Waals surface area contributed by atoms with Gasteiger partial charge in [-0.15, -0.1) is 0 Å². The van der Waals surface area contributed by atoms with Gasteiger partial charge in [-0.25, -0.2) is 0 Å². The van der Waals surface area contributed by atoms with Crippen molar-refractivity contribution >= 4 is 7.26 Å². The van der Waals surface area contributed by atoms with Gasteiger partial charge in [0.15, 0.2) is 0 Å². The Hall–Kier alpha value is 0.910. The van der Waals surface area contributed by atoms with E-state index in [4.69, 9.17) is 0 Å². The molecule has 0 bridgehead atoms. The quantitative estimate of drug-likeness (QED) is 0.0576. The third-order valence-electron chi connectivity index (χ3n) is 8.44. The standard InChI is InChI=1S/C34H72P.BrH/c1-5-9-13-17-19-21-25-29-33-35(31-27-23-15-11-7-3,32-28-24-16-12-8-4)34-30-26-22-20-18-14-10-6-2;/h5-34H2,1-4H3;1H/q+1;/p-1. The smallest absolute Gasteiger partial charge is 0.0594 e. The SMILES string of the molecule is CCCCCCCCCC[P+](CCCCCCC)(CCCCCCC)CCCCCCCCCC.[Br-]. The number of hydrogen-bond acceptors (Lipinski definition) is 0. The lowest BCUT2D eigenvalue weighted by molar-refractivity contribution is -0.00000799. The molecule has 0 aliphatic carbocycles. The van der Waals surface area contributed by atoms with Crippen LogP contribution in [-0.2, 0) is 0 Å². The summed E-state index contributed by atoms with van der Waals surface area (Å²) in [5.74, 6) is 0. The van der Waals surface area contributed by atoms with E-state index in [-0.39, 0.29) is 17.0 Å². The molecule has 0 aliphatic rings. The average Bonchev–Trinajstić information content (AvgIpc) is 2.87. The topological polar surface area (TPSA) is 0 Å². The number of rotatable bonds is 30. The molecule has 220 valence electrons. The zero-order chi connectivity index (χ0) is 25.7. The van der Waals surface area contributed by atoms with Gasteiger partial charge in [0.25, 0.3) is 0 Å². The van der Waals surface area contributed by atoms with Crippen molar-refractivity contribution in [1.29, 1.82) is 0 Å². The Bertz CT molecular complexity index is 347. The summed E-state index contributed by atoms with van der Waals surface area (Å²) < 4.78 is 0. The van der Waals surface area contributed by atoms with Gasteiger partial charge in [-0.2, -0.15) is 0 Å². The van der Waals surface area contributed by atoms with Gasteiger partial charge in [0, 0.05) is 7.26 Å². The molecule has 0 aliphatic heterocycles. The van der Waals surface area contributed by atoms with Gasteiger partial charge < -0.3 is 17.0 Å². The van der Waals surface area contributed by atoms with Crippen LogP contribution < -0.4 is 17.0 Å². The molecular weight excluding hydrogens is 519 g/mol. The van der Waals surface area contributed by atoms with E-state index in [0.29, 0.717) is 0 Å². The first-order valence-electron chi connectivity index (χ1n) is 17.1. The highest BCUT2D eigenvalue weighted by Gasteiger charge is 2.34. The van der Waals surface area contributed by atoms with Crippen molar-refractivity contribution in [2.75, 3.05) is 24.6 Å². The van der Waals surface area contributed by atoms with Crippen LogP contribution in [0.15, 0.2) is 0 Å². The Morgan fingerprint density at radius 2 is 0.417 bits per heavy atom. The Morgan fingerprint density at radius 3 is 0.611 bits per heavy atom. The molecule has 0 nitrogen and oxygen atoms in total. The molecule has 0 amide bonds. The van der Waals surface area contributed by atoms with E-state index in [9.17, 15) is 0 Å². The predicted molar refractivity (Wildman–Crippen MR) is 169 cm³/mol. The largest absolute Gasteiger partial charge is 1.00 e. The molecule has 36 heavy (non-hydrogen) atoms. The highest BCUT2D eigenvalue weighted by Crippen LogP contribution is 2.61. The summed E-state index contributed by atoms with van der Waals surface area (Å²) in [5.41, 5.74) is 0. The summed E-state index contributed by atoms with van der Waals surface area (Å²) in [4.78, 5) is 0. The van der Waals surface area contributed by atoms with E-state index < -0.39 is 7.26 Å². The molecule has 0 saturated carbocycles. The summed E-state index contributed by atoms with van der Waals surface area (Å²) in [6, 6.07) is 0. The summed E-state index contributed by atoms with van der Waals surface area (Å²) in [7, 11) is -0.726. The van der Waals surface area contributed by atoms with Crippen LogP contribution in [0.2, 0.25) is 0 Å². The van der Waals surface area contributed by atoms with Crippen LogP contribution in [0.25, 0.3) is 0 Å².